The van der Waals surface area contributed by atoms with Gasteiger partial charge in [0.05, 0.1) is 32.8 Å². The molecule has 170 valence electrons. The maximum atomic E-state index is 13.3. The number of pyridine rings is 1. The molecule has 0 amide bonds. The Bertz CT molecular complexity index is 1240. The van der Waals surface area contributed by atoms with Crippen LogP contribution in [0.4, 0.5) is 5.69 Å². The quantitative estimate of drug-likeness (QED) is 0.442. The zero-order valence-electron chi connectivity index (χ0n) is 18.9. The van der Waals surface area contributed by atoms with Crippen LogP contribution >= 0.6 is 0 Å². The third-order valence-corrected chi connectivity index (χ3v) is 6.40. The van der Waals surface area contributed by atoms with Gasteiger partial charge in [-0.2, -0.15) is 0 Å². The highest BCUT2D eigenvalue weighted by Crippen LogP contribution is 2.43. The number of allylic oxidation sites excluding steroid dienone is 1. The minimum absolute atomic E-state index is 0.296. The minimum Gasteiger partial charge on any atom is -0.493 e. The van der Waals surface area contributed by atoms with E-state index in [0.29, 0.717) is 23.0 Å². The number of carbonyl (C=O) groups is 1. The lowest BCUT2D eigenvalue weighted by molar-refractivity contribution is -0.138. The molecule has 7 nitrogen and oxygen atoms in total. The maximum absolute atomic E-state index is 13.3. The predicted molar refractivity (Wildman–Crippen MR) is 125 cm³/mol. The summed E-state index contributed by atoms with van der Waals surface area (Å²) in [5, 5.41) is 4.70. The van der Waals surface area contributed by atoms with E-state index in [1.165, 1.54) is 32.5 Å². The van der Waals surface area contributed by atoms with Gasteiger partial charge in [0.15, 0.2) is 11.5 Å². The second-order valence-electron chi connectivity index (χ2n) is 8.21. The summed E-state index contributed by atoms with van der Waals surface area (Å²) in [7, 11) is 4.60. The number of anilines is 1. The highest BCUT2D eigenvalue weighted by Gasteiger charge is 2.34. The molecular weight excluding hydrogens is 420 g/mol. The molecule has 1 atom stereocenters. The number of benzene rings is 2. The molecule has 1 aliphatic heterocycles. The molecule has 2 aliphatic rings. The van der Waals surface area contributed by atoms with Gasteiger partial charge < -0.3 is 24.3 Å². The highest BCUT2D eigenvalue weighted by atomic mass is 16.5. The van der Waals surface area contributed by atoms with Gasteiger partial charge in [0.1, 0.15) is 5.75 Å². The van der Waals surface area contributed by atoms with E-state index < -0.39 is 0 Å². The number of aromatic nitrogens is 1. The summed E-state index contributed by atoms with van der Waals surface area (Å²) in [5.41, 5.74) is 5.47. The Kier molecular flexibility index (Phi) is 5.54. The molecule has 2 aromatic carbocycles. The fourth-order valence-electron chi connectivity index (χ4n) is 4.82. The van der Waals surface area contributed by atoms with Crippen molar-refractivity contribution in [1.29, 1.82) is 0 Å². The maximum Gasteiger partial charge on any atom is 0.320 e. The summed E-state index contributed by atoms with van der Waals surface area (Å²) in [6, 6.07) is 11.4. The number of nitrogens with zero attached hydrogens (tertiary/aromatic N) is 1. The lowest BCUT2D eigenvalue weighted by atomic mass is 9.81. The standard InChI is InChI=1S/C26H26N2O5/c1-30-22-13-16(14-23(31-2)25(22)32-3)33-26(29)18-7-4-6-15-12-19-17-8-5-11-27-20(17)9-10-21(19)28-24(15)18/h5,8-11,13-14,18,28H,4,6-7,12H2,1-3H3. The van der Waals surface area contributed by atoms with Crippen LogP contribution in [0, 0.1) is 5.92 Å². The van der Waals surface area contributed by atoms with Gasteiger partial charge in [0.2, 0.25) is 5.75 Å². The van der Waals surface area contributed by atoms with E-state index >= 15 is 0 Å². The molecule has 0 saturated heterocycles. The number of methoxy groups -OCH3 is 3. The zero-order chi connectivity index (χ0) is 22.9. The van der Waals surface area contributed by atoms with Crippen molar-refractivity contribution in [2.75, 3.05) is 26.6 Å². The van der Waals surface area contributed by atoms with Crippen molar-refractivity contribution >= 4 is 22.6 Å². The van der Waals surface area contributed by atoms with Gasteiger partial charge in [-0.05, 0) is 55.0 Å². The van der Waals surface area contributed by atoms with Gasteiger partial charge >= 0.3 is 5.97 Å². The van der Waals surface area contributed by atoms with E-state index in [-0.39, 0.29) is 11.9 Å². The molecule has 1 aromatic heterocycles. The normalized spacial score (nSPS) is 17.0. The molecule has 0 bridgehead atoms. The van der Waals surface area contributed by atoms with Crippen LogP contribution in [0.5, 0.6) is 23.0 Å². The van der Waals surface area contributed by atoms with E-state index in [1.54, 1.807) is 12.1 Å². The van der Waals surface area contributed by atoms with Crippen LogP contribution in [0.3, 0.4) is 0 Å². The third kappa shape index (κ3) is 3.73. The molecule has 5 rings (SSSR count). The summed E-state index contributed by atoms with van der Waals surface area (Å²) in [6.07, 6.45) is 5.26. The SMILES string of the molecule is COc1cc(OC(=O)C2CCCC3=C2Nc2ccc4ncccc4c2C3)cc(OC)c1OC. The molecule has 7 heteroatoms. The molecule has 1 N–H and O–H groups in total. The highest BCUT2D eigenvalue weighted by molar-refractivity contribution is 5.90. The first-order valence-corrected chi connectivity index (χ1v) is 11.0. The van der Waals surface area contributed by atoms with Crippen LogP contribution in [-0.4, -0.2) is 32.3 Å². The van der Waals surface area contributed by atoms with E-state index in [4.69, 9.17) is 18.9 Å². The minimum atomic E-state index is -0.356. The van der Waals surface area contributed by atoms with Crippen LogP contribution in [-0.2, 0) is 11.2 Å². The Labute approximate surface area is 192 Å². The Morgan fingerprint density at radius 3 is 2.58 bits per heavy atom. The van der Waals surface area contributed by atoms with Crippen molar-refractivity contribution in [2.24, 2.45) is 5.92 Å². The fraction of sp³-hybridized carbons (Fsp3) is 0.308. The first kappa shape index (κ1) is 21.1. The molecule has 0 radical (unpaired) electrons. The van der Waals surface area contributed by atoms with Crippen molar-refractivity contribution in [3.63, 3.8) is 0 Å². The second kappa shape index (κ2) is 8.65. The largest absolute Gasteiger partial charge is 0.493 e. The second-order valence-corrected chi connectivity index (χ2v) is 8.21. The molecule has 33 heavy (non-hydrogen) atoms. The Morgan fingerprint density at radius 2 is 1.85 bits per heavy atom. The molecule has 0 spiro atoms. The summed E-state index contributed by atoms with van der Waals surface area (Å²) in [6.45, 7) is 0. The average molecular weight is 447 g/mol. The van der Waals surface area contributed by atoms with Crippen LogP contribution in [0.15, 0.2) is 53.9 Å². The molecule has 1 aliphatic carbocycles. The van der Waals surface area contributed by atoms with Crippen molar-refractivity contribution in [2.45, 2.75) is 25.7 Å². The van der Waals surface area contributed by atoms with Crippen molar-refractivity contribution < 1.29 is 23.7 Å². The number of hydrogen-bond donors (Lipinski definition) is 1. The van der Waals surface area contributed by atoms with E-state index in [1.807, 2.05) is 24.4 Å². The average Bonchev–Trinajstić information content (AvgIpc) is 2.86. The summed E-state index contributed by atoms with van der Waals surface area (Å²) in [4.78, 5) is 17.8. The monoisotopic (exact) mass is 446 g/mol. The smallest absolute Gasteiger partial charge is 0.320 e. The number of esters is 1. The Balaban J connectivity index is 1.43. The molecule has 3 aromatic rings. The van der Waals surface area contributed by atoms with Crippen LogP contribution < -0.4 is 24.3 Å². The molecule has 0 saturated carbocycles. The summed E-state index contributed by atoms with van der Waals surface area (Å²) in [5.74, 6) is 1.03. The van der Waals surface area contributed by atoms with E-state index in [0.717, 1.165) is 48.0 Å². The van der Waals surface area contributed by atoms with Crippen molar-refractivity contribution in [1.82, 2.24) is 4.98 Å². The topological polar surface area (TPSA) is 78.9 Å². The van der Waals surface area contributed by atoms with Crippen molar-refractivity contribution in [3.8, 4) is 23.0 Å². The number of carbonyl (C=O) groups excluding carboxylic acids is 1. The van der Waals surface area contributed by atoms with Crippen LogP contribution in [0.1, 0.15) is 24.8 Å². The fourth-order valence-corrected chi connectivity index (χ4v) is 4.82. The zero-order valence-corrected chi connectivity index (χ0v) is 18.9. The number of ether oxygens (including phenoxy) is 4. The van der Waals surface area contributed by atoms with Crippen LogP contribution in [0.25, 0.3) is 10.9 Å². The van der Waals surface area contributed by atoms with Gasteiger partial charge in [-0.1, -0.05) is 6.07 Å². The molecule has 0 fully saturated rings. The van der Waals surface area contributed by atoms with E-state index in [9.17, 15) is 4.79 Å². The predicted octanol–water partition coefficient (Wildman–Crippen LogP) is 4.89. The van der Waals surface area contributed by atoms with Gasteiger partial charge in [-0.15, -0.1) is 0 Å². The van der Waals surface area contributed by atoms with Gasteiger partial charge in [0.25, 0.3) is 0 Å². The number of nitrogens with one attached hydrogen (secondary N) is 1. The van der Waals surface area contributed by atoms with Gasteiger partial charge in [-0.3, -0.25) is 9.78 Å². The number of fused-ring (bicyclic) bond motifs is 3. The van der Waals surface area contributed by atoms with Crippen molar-refractivity contribution in [3.05, 3.63) is 59.4 Å². The van der Waals surface area contributed by atoms with Gasteiger partial charge in [0, 0.05) is 35.1 Å². The number of rotatable bonds is 5. The third-order valence-electron chi connectivity index (χ3n) is 6.40. The van der Waals surface area contributed by atoms with Gasteiger partial charge in [-0.25, -0.2) is 0 Å². The summed E-state index contributed by atoms with van der Waals surface area (Å²) < 4.78 is 21.9. The Morgan fingerprint density at radius 1 is 1.06 bits per heavy atom. The first-order chi connectivity index (χ1) is 16.1. The number of hydrogen-bond acceptors (Lipinski definition) is 7. The lowest BCUT2D eigenvalue weighted by Gasteiger charge is -2.33. The molecule has 1 unspecified atom stereocenters. The molecule has 2 heterocycles. The Hall–Kier alpha value is -3.74. The lowest BCUT2D eigenvalue weighted by Crippen LogP contribution is -2.31. The first-order valence-electron chi connectivity index (χ1n) is 11.0. The van der Waals surface area contributed by atoms with E-state index in [2.05, 4.69) is 16.4 Å². The van der Waals surface area contributed by atoms with Crippen LogP contribution in [0.2, 0.25) is 0 Å². The summed E-state index contributed by atoms with van der Waals surface area (Å²) >= 11 is 0. The molecular formula is C26H26N2O5.